The second kappa shape index (κ2) is 5.21. The van der Waals surface area contributed by atoms with Gasteiger partial charge in [-0.3, -0.25) is 4.79 Å². The zero-order valence-electron chi connectivity index (χ0n) is 13.8. The molecule has 0 spiro atoms. The summed E-state index contributed by atoms with van der Waals surface area (Å²) in [4.78, 5) is 14.1. The summed E-state index contributed by atoms with van der Waals surface area (Å²) in [5.41, 5.74) is 6.46. The molecule has 3 aliphatic heterocycles. The maximum absolute atomic E-state index is 12.1. The fraction of sp³-hybridized carbons (Fsp3) is 0.556. The lowest BCUT2D eigenvalue weighted by Crippen LogP contribution is -2.55. The van der Waals surface area contributed by atoms with Crippen molar-refractivity contribution in [3.63, 3.8) is 0 Å². The molecular weight excluding hydrogens is 304 g/mol. The molecule has 5 rings (SSSR count). The van der Waals surface area contributed by atoms with Crippen LogP contribution in [0.3, 0.4) is 0 Å². The third kappa shape index (κ3) is 2.20. The highest BCUT2D eigenvalue weighted by molar-refractivity contribution is 6.09. The lowest BCUT2D eigenvalue weighted by Gasteiger charge is -2.39. The van der Waals surface area contributed by atoms with E-state index in [1.54, 1.807) is 0 Å². The third-order valence-corrected chi connectivity index (χ3v) is 5.57. The minimum Gasteiger partial charge on any atom is -0.483 e. The van der Waals surface area contributed by atoms with E-state index in [9.17, 15) is 4.79 Å². The first kappa shape index (κ1) is 14.3. The van der Waals surface area contributed by atoms with Crippen molar-refractivity contribution in [2.45, 2.75) is 38.1 Å². The second-order valence-electron chi connectivity index (χ2n) is 7.36. The molecule has 2 fully saturated rings. The van der Waals surface area contributed by atoms with Crippen molar-refractivity contribution in [1.82, 2.24) is 10.7 Å². The molecule has 1 amide bonds. The van der Waals surface area contributed by atoms with Crippen LogP contribution < -0.4 is 20.4 Å². The lowest BCUT2D eigenvalue weighted by molar-refractivity contribution is -0.122. The van der Waals surface area contributed by atoms with Gasteiger partial charge in [0.15, 0.2) is 5.84 Å². The number of amides is 1. The van der Waals surface area contributed by atoms with E-state index in [0.717, 1.165) is 42.7 Å². The molecule has 2 N–H and O–H groups in total. The number of carbonyl (C=O) groups is 1. The lowest BCUT2D eigenvalue weighted by atomic mass is 9.89. The van der Waals surface area contributed by atoms with Crippen molar-refractivity contribution < 1.29 is 9.53 Å². The SMILES string of the molecule is C[C@@H]1C(=O)NN=C2COc3cc(C4CC4)c(CC4CNC4)cc3N21. The molecule has 1 saturated carbocycles. The Morgan fingerprint density at radius 2 is 2.17 bits per heavy atom. The fourth-order valence-corrected chi connectivity index (χ4v) is 3.89. The zero-order chi connectivity index (χ0) is 16.3. The first-order valence-electron chi connectivity index (χ1n) is 8.86. The van der Waals surface area contributed by atoms with Gasteiger partial charge in [-0.05, 0) is 74.4 Å². The summed E-state index contributed by atoms with van der Waals surface area (Å²) >= 11 is 0. The molecule has 1 aromatic carbocycles. The monoisotopic (exact) mass is 326 g/mol. The molecule has 24 heavy (non-hydrogen) atoms. The Bertz CT molecular complexity index is 737. The Morgan fingerprint density at radius 3 is 2.88 bits per heavy atom. The number of benzene rings is 1. The van der Waals surface area contributed by atoms with Gasteiger partial charge in [0.25, 0.3) is 5.91 Å². The highest BCUT2D eigenvalue weighted by Crippen LogP contribution is 2.47. The Hall–Kier alpha value is -2.08. The van der Waals surface area contributed by atoms with Gasteiger partial charge < -0.3 is 15.0 Å². The number of hydrogen-bond acceptors (Lipinski definition) is 5. The number of rotatable bonds is 3. The first-order valence-corrected chi connectivity index (χ1v) is 8.86. The van der Waals surface area contributed by atoms with Crippen LogP contribution in [0.5, 0.6) is 5.75 Å². The zero-order valence-corrected chi connectivity index (χ0v) is 13.8. The Balaban J connectivity index is 1.58. The number of hydrogen-bond donors (Lipinski definition) is 2. The topological polar surface area (TPSA) is 66.0 Å². The van der Waals surface area contributed by atoms with Crippen LogP contribution in [-0.2, 0) is 11.2 Å². The molecule has 0 radical (unpaired) electrons. The van der Waals surface area contributed by atoms with E-state index < -0.39 is 0 Å². The second-order valence-corrected chi connectivity index (χ2v) is 7.36. The standard InChI is InChI=1S/C18H22N4O2/c1-10-18(23)21-20-17-9-24-16-6-14(12-2-3-12)13(4-11-7-19-8-11)5-15(16)22(10)17/h5-6,10-12,19H,2-4,7-9H2,1H3,(H,21,23)/t10-/m1/s1. The van der Waals surface area contributed by atoms with Crippen LogP contribution in [0.25, 0.3) is 0 Å². The molecule has 1 aliphatic carbocycles. The van der Waals surface area contributed by atoms with E-state index in [2.05, 4.69) is 28.0 Å². The van der Waals surface area contributed by atoms with Gasteiger partial charge in [-0.2, -0.15) is 5.10 Å². The van der Waals surface area contributed by atoms with Crippen LogP contribution in [0.4, 0.5) is 5.69 Å². The molecular formula is C18H22N4O2. The molecule has 3 heterocycles. The average molecular weight is 326 g/mol. The molecule has 0 bridgehead atoms. The molecule has 6 nitrogen and oxygen atoms in total. The van der Waals surface area contributed by atoms with Gasteiger partial charge in [0.1, 0.15) is 18.4 Å². The van der Waals surface area contributed by atoms with E-state index >= 15 is 0 Å². The van der Waals surface area contributed by atoms with Crippen LogP contribution >= 0.6 is 0 Å². The van der Waals surface area contributed by atoms with Gasteiger partial charge in [-0.15, -0.1) is 0 Å². The van der Waals surface area contributed by atoms with Crippen molar-refractivity contribution >= 4 is 17.4 Å². The van der Waals surface area contributed by atoms with Crippen molar-refractivity contribution in [2.75, 3.05) is 24.6 Å². The Kier molecular flexibility index (Phi) is 3.10. The Morgan fingerprint density at radius 1 is 1.33 bits per heavy atom. The van der Waals surface area contributed by atoms with Gasteiger partial charge in [0, 0.05) is 0 Å². The highest BCUT2D eigenvalue weighted by atomic mass is 16.5. The number of nitrogens with zero attached hydrogens (tertiary/aromatic N) is 2. The van der Waals surface area contributed by atoms with E-state index in [1.165, 1.54) is 24.0 Å². The van der Waals surface area contributed by atoms with Crippen molar-refractivity contribution in [2.24, 2.45) is 11.0 Å². The molecule has 1 aromatic rings. The summed E-state index contributed by atoms with van der Waals surface area (Å²) in [5.74, 6) is 3.03. The van der Waals surface area contributed by atoms with Crippen molar-refractivity contribution in [1.29, 1.82) is 0 Å². The van der Waals surface area contributed by atoms with Crippen LogP contribution in [0, 0.1) is 5.92 Å². The number of ether oxygens (including phenoxy) is 1. The minimum atomic E-state index is -0.259. The van der Waals surface area contributed by atoms with Gasteiger partial charge in [0.2, 0.25) is 0 Å². The predicted octanol–water partition coefficient (Wildman–Crippen LogP) is 1.36. The molecule has 0 unspecified atom stereocenters. The molecule has 1 atom stereocenters. The molecule has 4 aliphatic rings. The predicted molar refractivity (Wildman–Crippen MR) is 91.5 cm³/mol. The van der Waals surface area contributed by atoms with Crippen molar-refractivity contribution in [3.05, 3.63) is 23.3 Å². The van der Waals surface area contributed by atoms with Gasteiger partial charge in [0.05, 0.1) is 5.69 Å². The summed E-state index contributed by atoms with van der Waals surface area (Å²) < 4.78 is 5.96. The number of anilines is 1. The summed E-state index contributed by atoms with van der Waals surface area (Å²) in [7, 11) is 0. The van der Waals surface area contributed by atoms with E-state index in [1.807, 2.05) is 11.8 Å². The fourth-order valence-electron chi connectivity index (χ4n) is 3.89. The maximum Gasteiger partial charge on any atom is 0.262 e. The average Bonchev–Trinajstić information content (AvgIpc) is 3.38. The first-order chi connectivity index (χ1) is 11.7. The largest absolute Gasteiger partial charge is 0.483 e. The number of hydrazone groups is 1. The van der Waals surface area contributed by atoms with Crippen LogP contribution in [0.15, 0.2) is 17.2 Å². The number of nitrogens with one attached hydrogen (secondary N) is 2. The number of amidine groups is 1. The van der Waals surface area contributed by atoms with E-state index in [-0.39, 0.29) is 11.9 Å². The quantitative estimate of drug-likeness (QED) is 0.880. The maximum atomic E-state index is 12.1. The summed E-state index contributed by atoms with van der Waals surface area (Å²) in [6.45, 7) is 4.54. The number of fused-ring (bicyclic) bond motifs is 3. The normalized spacial score (nSPS) is 25.9. The number of carbonyl (C=O) groups excluding carboxylic acids is 1. The van der Waals surface area contributed by atoms with Crippen LogP contribution in [0.1, 0.15) is 36.8 Å². The van der Waals surface area contributed by atoms with Gasteiger partial charge >= 0.3 is 0 Å². The molecule has 6 heteroatoms. The van der Waals surface area contributed by atoms with Crippen LogP contribution in [-0.4, -0.2) is 37.5 Å². The third-order valence-electron chi connectivity index (χ3n) is 5.57. The van der Waals surface area contributed by atoms with E-state index in [0.29, 0.717) is 12.5 Å². The van der Waals surface area contributed by atoms with Gasteiger partial charge in [-0.25, -0.2) is 5.43 Å². The van der Waals surface area contributed by atoms with Gasteiger partial charge in [-0.1, -0.05) is 0 Å². The molecule has 1 saturated heterocycles. The molecule has 126 valence electrons. The van der Waals surface area contributed by atoms with Crippen molar-refractivity contribution in [3.8, 4) is 5.75 Å². The van der Waals surface area contributed by atoms with E-state index in [4.69, 9.17) is 4.74 Å². The minimum absolute atomic E-state index is 0.0670. The summed E-state index contributed by atoms with van der Waals surface area (Å²) in [6.07, 6.45) is 3.67. The molecule has 0 aromatic heterocycles. The summed E-state index contributed by atoms with van der Waals surface area (Å²) in [5, 5.41) is 7.54. The smallest absolute Gasteiger partial charge is 0.262 e. The highest BCUT2D eigenvalue weighted by Gasteiger charge is 2.37. The van der Waals surface area contributed by atoms with Crippen LogP contribution in [0.2, 0.25) is 0 Å². The Labute approximate surface area is 141 Å². The summed E-state index contributed by atoms with van der Waals surface area (Å²) in [6, 6.07) is 4.22.